The van der Waals surface area contributed by atoms with Crippen LogP contribution < -0.4 is 15.4 Å². The number of nitrogens with zero attached hydrogens (tertiary/aromatic N) is 2. The molecule has 3 aromatic rings. The summed E-state index contributed by atoms with van der Waals surface area (Å²) in [7, 11) is 0. The summed E-state index contributed by atoms with van der Waals surface area (Å²) < 4.78 is 14.1. The molecule has 1 saturated heterocycles. The van der Waals surface area contributed by atoms with E-state index < -0.39 is 0 Å². The van der Waals surface area contributed by atoms with E-state index in [9.17, 15) is 10.1 Å². The number of nitrogens with one attached hydrogen (secondary N) is 2. The molecule has 7 heteroatoms. The molecule has 6 rings (SSSR count). The van der Waals surface area contributed by atoms with E-state index in [1.807, 2.05) is 36.4 Å². The Bertz CT molecular complexity index is 1290. The van der Waals surface area contributed by atoms with Gasteiger partial charge in [0, 0.05) is 35.8 Å². The third kappa shape index (κ3) is 4.42. The Hall–Kier alpha value is -3.50. The molecule has 0 spiro atoms. The Morgan fingerprint density at radius 2 is 1.86 bits per heavy atom. The molecule has 1 aromatic heterocycles. The van der Waals surface area contributed by atoms with Gasteiger partial charge in [0.2, 0.25) is 0 Å². The Morgan fingerprint density at radius 3 is 2.50 bits per heavy atom. The summed E-state index contributed by atoms with van der Waals surface area (Å²) in [6.45, 7) is 1.36. The zero-order valence-electron chi connectivity index (χ0n) is 20.5. The van der Waals surface area contributed by atoms with Crippen molar-refractivity contribution >= 4 is 22.6 Å². The quantitative estimate of drug-likeness (QED) is 0.422. The molecule has 2 aromatic carbocycles. The van der Waals surface area contributed by atoms with E-state index in [0.29, 0.717) is 24.3 Å². The molecule has 3 fully saturated rings. The first kappa shape index (κ1) is 22.9. The van der Waals surface area contributed by atoms with Crippen LogP contribution in [0.2, 0.25) is 0 Å². The molecule has 0 radical (unpaired) electrons. The van der Waals surface area contributed by atoms with Gasteiger partial charge in [-0.2, -0.15) is 5.26 Å². The summed E-state index contributed by atoms with van der Waals surface area (Å²) in [5, 5.41) is 17.1. The zero-order valence-corrected chi connectivity index (χ0v) is 20.5. The number of anilines is 1. The van der Waals surface area contributed by atoms with Gasteiger partial charge in [0.15, 0.2) is 0 Å². The molecular weight excluding hydrogens is 452 g/mol. The van der Waals surface area contributed by atoms with Gasteiger partial charge in [-0.05, 0) is 81.2 Å². The van der Waals surface area contributed by atoms with Crippen LogP contribution in [0.25, 0.3) is 22.2 Å². The maximum absolute atomic E-state index is 12.3. The summed E-state index contributed by atoms with van der Waals surface area (Å²) in [4.78, 5) is 12.3. The van der Waals surface area contributed by atoms with Crippen LogP contribution in [0, 0.1) is 11.3 Å². The highest BCUT2D eigenvalue weighted by atomic mass is 16.5. The standard InChI is InChI=1S/C29H32N4O3/c30-17-26-25-14-13-23(36-18-24-8-3-15-35-24)16-27(25)33(22-6-2-7-22)28(26)19-9-11-21(12-10-19)32-29(34)31-20-4-1-5-20/h9-14,16,20,22,24H,1-8,15,18H2,(H2,31,32,34)/t24-/m1/s1. The summed E-state index contributed by atoms with van der Waals surface area (Å²) in [6, 6.07) is 16.8. The van der Waals surface area contributed by atoms with Crippen molar-refractivity contribution in [3.63, 3.8) is 0 Å². The molecule has 36 heavy (non-hydrogen) atoms. The van der Waals surface area contributed by atoms with Gasteiger partial charge in [0.1, 0.15) is 18.4 Å². The molecule has 2 N–H and O–H groups in total. The number of carbonyl (C=O) groups is 1. The molecule has 7 nitrogen and oxygen atoms in total. The number of hydrogen-bond donors (Lipinski definition) is 2. The van der Waals surface area contributed by atoms with Gasteiger partial charge in [-0.25, -0.2) is 4.79 Å². The number of ether oxygens (including phenoxy) is 2. The first-order chi connectivity index (χ1) is 17.7. The minimum Gasteiger partial charge on any atom is -0.491 e. The molecule has 1 aliphatic heterocycles. The van der Waals surface area contributed by atoms with E-state index in [2.05, 4.69) is 27.3 Å². The second-order valence-electron chi connectivity index (χ2n) is 10.2. The Balaban J connectivity index is 1.30. The Morgan fingerprint density at radius 1 is 1.06 bits per heavy atom. The number of carbonyl (C=O) groups excluding carboxylic acids is 1. The summed E-state index contributed by atoms with van der Waals surface area (Å²) in [6.07, 6.45) is 8.97. The number of urea groups is 1. The highest BCUT2D eigenvalue weighted by molar-refractivity contribution is 5.96. The van der Waals surface area contributed by atoms with Crippen LogP contribution >= 0.6 is 0 Å². The molecule has 0 bridgehead atoms. The third-order valence-corrected chi connectivity index (χ3v) is 7.84. The molecule has 186 valence electrons. The van der Waals surface area contributed by atoms with Gasteiger partial charge < -0.3 is 24.7 Å². The number of amides is 2. The van der Waals surface area contributed by atoms with E-state index in [4.69, 9.17) is 9.47 Å². The third-order valence-electron chi connectivity index (χ3n) is 7.84. The van der Waals surface area contributed by atoms with E-state index in [-0.39, 0.29) is 12.1 Å². The molecular formula is C29H32N4O3. The minimum absolute atomic E-state index is 0.160. The van der Waals surface area contributed by atoms with Crippen molar-refractivity contribution in [2.45, 2.75) is 69.6 Å². The van der Waals surface area contributed by atoms with Crippen molar-refractivity contribution in [3.05, 3.63) is 48.0 Å². The fraction of sp³-hybridized carbons (Fsp3) is 0.448. The molecule has 2 amide bonds. The van der Waals surface area contributed by atoms with Crippen molar-refractivity contribution in [1.82, 2.24) is 9.88 Å². The maximum Gasteiger partial charge on any atom is 0.319 e. The fourth-order valence-electron chi connectivity index (χ4n) is 5.38. The average Bonchev–Trinajstić information content (AvgIpc) is 3.46. The monoisotopic (exact) mass is 484 g/mol. The van der Waals surface area contributed by atoms with Crippen LogP contribution in [0.15, 0.2) is 42.5 Å². The van der Waals surface area contributed by atoms with Crippen LogP contribution in [-0.4, -0.2) is 36.0 Å². The predicted molar refractivity (Wildman–Crippen MR) is 139 cm³/mol. The van der Waals surface area contributed by atoms with Gasteiger partial charge in [-0.15, -0.1) is 0 Å². The number of fused-ring (bicyclic) bond motifs is 1. The van der Waals surface area contributed by atoms with E-state index in [1.54, 1.807) is 0 Å². The first-order valence-electron chi connectivity index (χ1n) is 13.2. The van der Waals surface area contributed by atoms with Crippen LogP contribution in [0.4, 0.5) is 10.5 Å². The lowest BCUT2D eigenvalue weighted by Gasteiger charge is -2.30. The minimum atomic E-state index is -0.163. The maximum atomic E-state index is 12.3. The topological polar surface area (TPSA) is 88.3 Å². The van der Waals surface area contributed by atoms with Gasteiger partial charge in [-0.1, -0.05) is 12.1 Å². The summed E-state index contributed by atoms with van der Waals surface area (Å²) >= 11 is 0. The normalized spacial score (nSPS) is 19.9. The molecule has 2 saturated carbocycles. The van der Waals surface area contributed by atoms with E-state index in [0.717, 1.165) is 78.7 Å². The second-order valence-corrected chi connectivity index (χ2v) is 10.2. The van der Waals surface area contributed by atoms with Crippen molar-refractivity contribution in [1.29, 1.82) is 5.26 Å². The number of hydrogen-bond acceptors (Lipinski definition) is 4. The van der Waals surface area contributed by atoms with Crippen molar-refractivity contribution < 1.29 is 14.3 Å². The summed E-state index contributed by atoms with van der Waals surface area (Å²) in [5.74, 6) is 0.809. The molecule has 3 aliphatic rings. The highest BCUT2D eigenvalue weighted by Gasteiger charge is 2.28. The van der Waals surface area contributed by atoms with E-state index >= 15 is 0 Å². The van der Waals surface area contributed by atoms with Crippen molar-refractivity contribution in [2.75, 3.05) is 18.5 Å². The zero-order chi connectivity index (χ0) is 24.5. The van der Waals surface area contributed by atoms with Crippen LogP contribution in [0.3, 0.4) is 0 Å². The van der Waals surface area contributed by atoms with Gasteiger partial charge in [-0.3, -0.25) is 0 Å². The van der Waals surface area contributed by atoms with Gasteiger partial charge in [0.05, 0.1) is 22.9 Å². The lowest BCUT2D eigenvalue weighted by atomic mass is 9.92. The molecule has 2 heterocycles. The molecule has 2 aliphatic carbocycles. The second kappa shape index (κ2) is 9.87. The number of rotatable bonds is 7. The SMILES string of the molecule is N#Cc1c(-c2ccc(NC(=O)NC3CCC3)cc2)n(C2CCC2)c2cc(OC[C@H]3CCCO3)ccc12. The lowest BCUT2D eigenvalue weighted by molar-refractivity contribution is 0.0680. The molecule has 0 unspecified atom stereocenters. The number of nitriles is 1. The molecule has 1 atom stereocenters. The van der Waals surface area contributed by atoms with Crippen molar-refractivity contribution in [2.24, 2.45) is 0 Å². The van der Waals surface area contributed by atoms with E-state index in [1.165, 1.54) is 12.8 Å². The average molecular weight is 485 g/mol. The van der Waals surface area contributed by atoms with Gasteiger partial charge >= 0.3 is 6.03 Å². The Kier molecular flexibility index (Phi) is 6.28. The highest BCUT2D eigenvalue weighted by Crippen LogP contribution is 2.43. The fourth-order valence-corrected chi connectivity index (χ4v) is 5.38. The Labute approximate surface area is 211 Å². The number of benzene rings is 2. The largest absolute Gasteiger partial charge is 0.491 e. The predicted octanol–water partition coefficient (Wildman–Crippen LogP) is 6.14. The van der Waals surface area contributed by atoms with Crippen molar-refractivity contribution in [3.8, 4) is 23.1 Å². The van der Waals surface area contributed by atoms with Gasteiger partial charge in [0.25, 0.3) is 0 Å². The first-order valence-corrected chi connectivity index (χ1v) is 13.2. The summed E-state index contributed by atoms with van der Waals surface area (Å²) in [5.41, 5.74) is 4.38. The smallest absolute Gasteiger partial charge is 0.319 e. The number of aromatic nitrogens is 1. The van der Waals surface area contributed by atoms with Crippen LogP contribution in [-0.2, 0) is 4.74 Å². The van der Waals surface area contributed by atoms with Crippen LogP contribution in [0.1, 0.15) is 63.0 Å². The van der Waals surface area contributed by atoms with Crippen LogP contribution in [0.5, 0.6) is 5.75 Å². The lowest BCUT2D eigenvalue weighted by Crippen LogP contribution is -2.41.